The third-order valence-corrected chi connectivity index (χ3v) is 22.4. The molecule has 0 bridgehead atoms. The Bertz CT molecular complexity index is 2130. The van der Waals surface area contributed by atoms with Crippen LogP contribution < -0.4 is 32.0 Å². The molecule has 0 aliphatic carbocycles. The first kappa shape index (κ1) is 37.1. The highest BCUT2D eigenvalue weighted by Gasteiger charge is 2.55. The second-order valence-corrected chi connectivity index (χ2v) is 25.9. The van der Waals surface area contributed by atoms with Gasteiger partial charge < -0.3 is 19.2 Å². The van der Waals surface area contributed by atoms with E-state index in [9.17, 15) is 4.79 Å². The number of fused-ring (bicyclic) bond motifs is 1. The number of hydrogen-bond donors (Lipinski definition) is 2. The Morgan fingerprint density at radius 2 is 1.11 bits per heavy atom. The minimum Gasteiger partial charge on any atom is -0.407 e. The first-order chi connectivity index (χ1) is 25.4. The molecule has 53 heavy (non-hydrogen) atoms. The summed E-state index contributed by atoms with van der Waals surface area (Å²) in [5, 5.41) is 4.61. The van der Waals surface area contributed by atoms with E-state index in [4.69, 9.17) is 14.6 Å². The summed E-state index contributed by atoms with van der Waals surface area (Å²) in [6, 6.07) is 43.0. The van der Waals surface area contributed by atoms with Gasteiger partial charge in [-0.05, 0) is 30.8 Å². The van der Waals surface area contributed by atoms with Crippen LogP contribution in [0.4, 0.5) is 5.95 Å². The van der Waals surface area contributed by atoms with Gasteiger partial charge in [0.1, 0.15) is 0 Å². The van der Waals surface area contributed by atoms with Crippen LogP contribution in [0.15, 0.2) is 132 Å². The second kappa shape index (κ2) is 14.5. The van der Waals surface area contributed by atoms with Crippen molar-refractivity contribution >= 4 is 66.3 Å². The van der Waals surface area contributed by atoms with Gasteiger partial charge in [0, 0.05) is 24.4 Å². The molecular formula is C42H49N5O3SSi2. The van der Waals surface area contributed by atoms with Crippen LogP contribution in [-0.2, 0) is 8.85 Å². The first-order valence-electron chi connectivity index (χ1n) is 18.2. The Kier molecular flexibility index (Phi) is 10.2. The molecule has 8 nitrogen and oxygen atoms in total. The van der Waals surface area contributed by atoms with Crippen molar-refractivity contribution in [1.29, 1.82) is 0 Å². The van der Waals surface area contributed by atoms with E-state index >= 15 is 0 Å². The van der Waals surface area contributed by atoms with Crippen molar-refractivity contribution in [3.8, 4) is 0 Å². The van der Waals surface area contributed by atoms with Crippen LogP contribution in [0.25, 0.3) is 11.2 Å². The van der Waals surface area contributed by atoms with Gasteiger partial charge in [-0.1, -0.05) is 163 Å². The maximum absolute atomic E-state index is 12.9. The molecule has 1 aliphatic heterocycles. The van der Waals surface area contributed by atoms with Gasteiger partial charge in [0.25, 0.3) is 22.2 Å². The van der Waals surface area contributed by atoms with Gasteiger partial charge in [-0.3, -0.25) is 9.78 Å². The monoisotopic (exact) mass is 759 g/mol. The molecular weight excluding hydrogens is 711 g/mol. The number of nitrogens with zero attached hydrogens (tertiary/aromatic N) is 3. The van der Waals surface area contributed by atoms with Crippen molar-refractivity contribution in [2.45, 2.75) is 62.2 Å². The quantitative estimate of drug-likeness (QED) is 0.154. The molecule has 3 atom stereocenters. The fraction of sp³-hybridized carbons (Fsp3) is 0.310. The largest absolute Gasteiger partial charge is 0.407 e. The zero-order valence-corrected chi connectivity index (χ0v) is 34.1. The Morgan fingerprint density at radius 1 is 0.698 bits per heavy atom. The summed E-state index contributed by atoms with van der Waals surface area (Å²) in [6.45, 7) is 14.9. The number of benzene rings is 4. The number of thioether (sulfide) groups is 1. The Labute approximate surface area is 318 Å². The van der Waals surface area contributed by atoms with Crippen molar-refractivity contribution in [1.82, 2.24) is 19.5 Å². The Balaban J connectivity index is 1.31. The van der Waals surface area contributed by atoms with E-state index in [1.54, 1.807) is 6.33 Å². The van der Waals surface area contributed by atoms with Gasteiger partial charge >= 0.3 is 0 Å². The van der Waals surface area contributed by atoms with Crippen molar-refractivity contribution in [2.24, 2.45) is 5.92 Å². The molecule has 0 radical (unpaired) electrons. The summed E-state index contributed by atoms with van der Waals surface area (Å²) in [6.07, 6.45) is 1.72. The lowest BCUT2D eigenvalue weighted by atomic mass is 10.0. The van der Waals surface area contributed by atoms with Crippen LogP contribution in [0.3, 0.4) is 0 Å². The van der Waals surface area contributed by atoms with Gasteiger partial charge in [-0.2, -0.15) is 4.98 Å². The summed E-state index contributed by atoms with van der Waals surface area (Å²) in [7, 11) is -5.67. The van der Waals surface area contributed by atoms with Crippen molar-refractivity contribution in [3.05, 3.63) is 138 Å². The van der Waals surface area contributed by atoms with Crippen LogP contribution >= 0.6 is 11.8 Å². The van der Waals surface area contributed by atoms with Crippen LogP contribution in [-0.4, -0.2) is 54.6 Å². The number of imidazole rings is 1. The molecule has 0 saturated carbocycles. The SMILES string of the molecule is CC(C)(C)[Si](OC[C@@H]1SC(n2cnc3c(=O)[nH]c(N)nc32)[C@H]1CO[Si](c1ccccc1)(c1ccccc1)C(C)(C)C)(c1ccccc1)c1ccccc1. The molecule has 274 valence electrons. The summed E-state index contributed by atoms with van der Waals surface area (Å²) in [4.78, 5) is 24.5. The average Bonchev–Trinajstić information content (AvgIpc) is 3.55. The van der Waals surface area contributed by atoms with Gasteiger partial charge in [0.2, 0.25) is 5.95 Å². The number of nitrogen functional groups attached to an aromatic ring is 1. The number of nitrogens with two attached hydrogens (primary N) is 1. The van der Waals surface area contributed by atoms with E-state index < -0.39 is 16.6 Å². The zero-order chi connectivity index (χ0) is 37.4. The highest BCUT2D eigenvalue weighted by Crippen LogP contribution is 2.53. The summed E-state index contributed by atoms with van der Waals surface area (Å²) in [5.41, 5.74) is 6.47. The van der Waals surface area contributed by atoms with Gasteiger partial charge in [0.15, 0.2) is 11.2 Å². The molecule has 1 unspecified atom stereocenters. The van der Waals surface area contributed by atoms with E-state index in [0.29, 0.717) is 18.9 Å². The summed E-state index contributed by atoms with van der Waals surface area (Å²) >= 11 is 1.82. The Morgan fingerprint density at radius 3 is 1.53 bits per heavy atom. The molecule has 1 aliphatic rings. The maximum atomic E-state index is 12.9. The number of nitrogens with one attached hydrogen (secondary N) is 1. The van der Waals surface area contributed by atoms with Gasteiger partial charge in [0.05, 0.1) is 11.7 Å². The average molecular weight is 760 g/mol. The van der Waals surface area contributed by atoms with Crippen molar-refractivity contribution in [2.75, 3.05) is 18.9 Å². The molecule has 0 amide bonds. The van der Waals surface area contributed by atoms with E-state index in [1.165, 1.54) is 20.7 Å². The predicted octanol–water partition coefficient (Wildman–Crippen LogP) is 6.09. The molecule has 3 heterocycles. The van der Waals surface area contributed by atoms with Gasteiger partial charge in [-0.15, -0.1) is 11.8 Å². The molecule has 2 aromatic heterocycles. The summed E-state index contributed by atoms with van der Waals surface area (Å²) < 4.78 is 17.1. The second-order valence-electron chi connectivity index (χ2n) is 16.0. The third kappa shape index (κ3) is 6.63. The van der Waals surface area contributed by atoms with Crippen LogP contribution in [0.5, 0.6) is 0 Å². The third-order valence-electron chi connectivity index (χ3n) is 10.7. The molecule has 1 saturated heterocycles. The van der Waals surface area contributed by atoms with Crippen LogP contribution in [0.2, 0.25) is 10.1 Å². The number of hydrogen-bond acceptors (Lipinski definition) is 7. The normalized spacial score (nSPS) is 18.2. The van der Waals surface area contributed by atoms with Gasteiger partial charge in [-0.25, -0.2) is 4.98 Å². The van der Waals surface area contributed by atoms with E-state index in [0.717, 1.165) is 0 Å². The molecule has 4 aromatic carbocycles. The lowest BCUT2D eigenvalue weighted by molar-refractivity contribution is 0.168. The predicted molar refractivity (Wildman–Crippen MR) is 224 cm³/mol. The van der Waals surface area contributed by atoms with E-state index in [-0.39, 0.29) is 43.6 Å². The topological polar surface area (TPSA) is 108 Å². The first-order valence-corrected chi connectivity index (χ1v) is 23.0. The van der Waals surface area contributed by atoms with Crippen LogP contribution in [0.1, 0.15) is 46.9 Å². The fourth-order valence-electron chi connectivity index (χ4n) is 8.18. The molecule has 3 N–H and O–H groups in total. The van der Waals surface area contributed by atoms with Crippen molar-refractivity contribution < 1.29 is 8.85 Å². The smallest absolute Gasteiger partial charge is 0.280 e. The number of rotatable bonds is 11. The molecule has 1 fully saturated rings. The number of aromatic amines is 1. The van der Waals surface area contributed by atoms with E-state index in [1.807, 2.05) is 16.3 Å². The molecule has 0 spiro atoms. The Hall–Kier alpha value is -4.27. The van der Waals surface area contributed by atoms with Crippen molar-refractivity contribution in [3.63, 3.8) is 0 Å². The number of anilines is 1. The van der Waals surface area contributed by atoms with Crippen LogP contribution in [0, 0.1) is 5.92 Å². The standard InChI is InChI=1S/C42H49N5O3SSi2/c1-41(2,3)52(30-19-11-7-12-20-30,31-21-13-8-14-22-31)49-27-34-35(51-39(34)47-29-44-36-37(47)45-40(43)46-38(36)48)28-50-53(42(4,5)6,32-23-15-9-16-24-32)33-25-17-10-18-26-33/h7-26,29,34-35,39H,27-28H2,1-6H3,(H3,43,45,46,48)/t34-,35-,39?/m0/s1. The maximum Gasteiger partial charge on any atom is 0.280 e. The highest BCUT2D eigenvalue weighted by atomic mass is 32.2. The molecule has 7 rings (SSSR count). The number of aromatic nitrogens is 4. The molecule has 6 aromatic rings. The molecule has 11 heteroatoms. The lowest BCUT2D eigenvalue weighted by Gasteiger charge is -2.50. The fourth-order valence-corrected chi connectivity index (χ4v) is 18.9. The van der Waals surface area contributed by atoms with E-state index in [2.05, 4.69) is 178 Å². The zero-order valence-electron chi connectivity index (χ0n) is 31.3. The lowest BCUT2D eigenvalue weighted by Crippen LogP contribution is -2.68. The minimum atomic E-state index is -2.86. The highest BCUT2D eigenvalue weighted by molar-refractivity contribution is 8.01. The number of H-pyrrole nitrogens is 1. The summed E-state index contributed by atoms with van der Waals surface area (Å²) in [5.74, 6) is 0.0832. The minimum absolute atomic E-state index is 0.0135.